The van der Waals surface area contributed by atoms with Crippen LogP contribution in [0.1, 0.15) is 11.3 Å². The number of hydrogen-bond acceptors (Lipinski definition) is 3. The van der Waals surface area contributed by atoms with Gasteiger partial charge < -0.3 is 9.67 Å². The first kappa shape index (κ1) is 14.1. The third-order valence-electron chi connectivity index (χ3n) is 3.64. The van der Waals surface area contributed by atoms with E-state index in [2.05, 4.69) is 5.10 Å². The summed E-state index contributed by atoms with van der Waals surface area (Å²) in [4.78, 5) is 23.0. The van der Waals surface area contributed by atoms with Crippen LogP contribution in [0.5, 0.6) is 0 Å². The van der Waals surface area contributed by atoms with Crippen molar-refractivity contribution < 1.29 is 9.90 Å². The first-order valence-electron chi connectivity index (χ1n) is 6.83. The summed E-state index contributed by atoms with van der Waals surface area (Å²) >= 11 is 0. The van der Waals surface area contributed by atoms with Gasteiger partial charge in [-0.1, -0.05) is 29.8 Å². The van der Waals surface area contributed by atoms with Crippen LogP contribution >= 0.6 is 0 Å². The highest BCUT2D eigenvalue weighted by Crippen LogP contribution is 2.19. The van der Waals surface area contributed by atoms with Gasteiger partial charge in [0, 0.05) is 30.4 Å². The van der Waals surface area contributed by atoms with Crippen molar-refractivity contribution in [3.05, 3.63) is 58.0 Å². The molecule has 112 valence electrons. The molecule has 0 radical (unpaired) electrons. The fourth-order valence-corrected chi connectivity index (χ4v) is 2.41. The van der Waals surface area contributed by atoms with E-state index in [1.54, 1.807) is 17.7 Å². The molecular weight excluding hydrogens is 282 g/mol. The molecule has 0 saturated carbocycles. The molecule has 3 rings (SSSR count). The summed E-state index contributed by atoms with van der Waals surface area (Å²) in [7, 11) is 1.73. The molecule has 3 aromatic rings. The predicted molar refractivity (Wildman–Crippen MR) is 81.9 cm³/mol. The number of benzene rings is 1. The number of rotatable bonds is 3. The molecule has 1 aromatic carbocycles. The van der Waals surface area contributed by atoms with Crippen molar-refractivity contribution >= 4 is 11.6 Å². The van der Waals surface area contributed by atoms with Crippen molar-refractivity contribution in [2.45, 2.75) is 13.3 Å². The van der Waals surface area contributed by atoms with Crippen molar-refractivity contribution in [2.75, 3.05) is 0 Å². The van der Waals surface area contributed by atoms with Crippen LogP contribution in [0.4, 0.5) is 0 Å². The van der Waals surface area contributed by atoms with Crippen LogP contribution in [0.3, 0.4) is 0 Å². The second kappa shape index (κ2) is 5.14. The molecule has 0 amide bonds. The summed E-state index contributed by atoms with van der Waals surface area (Å²) in [6.07, 6.45) is -0.201. The lowest BCUT2D eigenvalue weighted by molar-refractivity contribution is -0.136. The van der Waals surface area contributed by atoms with Gasteiger partial charge in [0.1, 0.15) is 5.65 Å². The summed E-state index contributed by atoms with van der Waals surface area (Å²) in [6, 6.07) is 10.9. The van der Waals surface area contributed by atoms with E-state index in [1.807, 2.05) is 31.2 Å². The summed E-state index contributed by atoms with van der Waals surface area (Å²) < 4.78 is 2.97. The first-order valence-corrected chi connectivity index (χ1v) is 6.83. The fourth-order valence-electron chi connectivity index (χ4n) is 2.41. The molecule has 2 heterocycles. The number of carboxylic acid groups (broad SMARTS) is 1. The number of carbonyl (C=O) groups is 1. The minimum absolute atomic E-state index is 0.201. The van der Waals surface area contributed by atoms with Crippen molar-refractivity contribution in [1.29, 1.82) is 0 Å². The van der Waals surface area contributed by atoms with Crippen LogP contribution in [-0.4, -0.2) is 25.3 Å². The van der Waals surface area contributed by atoms with Crippen molar-refractivity contribution in [2.24, 2.45) is 7.05 Å². The van der Waals surface area contributed by atoms with E-state index in [4.69, 9.17) is 5.11 Å². The number of fused-ring (bicyclic) bond motifs is 1. The summed E-state index contributed by atoms with van der Waals surface area (Å²) in [5.41, 5.74) is 3.42. The average molecular weight is 297 g/mol. The van der Waals surface area contributed by atoms with Gasteiger partial charge in [-0.05, 0) is 6.92 Å². The van der Waals surface area contributed by atoms with Gasteiger partial charge in [0.2, 0.25) is 0 Å². The largest absolute Gasteiger partial charge is 0.481 e. The SMILES string of the molecule is Cc1ccc(-c2cc3n(C)c(CC(=O)O)cc(=O)n3n2)cc1. The Kier molecular flexibility index (Phi) is 3.29. The van der Waals surface area contributed by atoms with Gasteiger partial charge >= 0.3 is 5.97 Å². The van der Waals surface area contributed by atoms with E-state index < -0.39 is 5.97 Å². The van der Waals surface area contributed by atoms with Gasteiger partial charge in [-0.15, -0.1) is 0 Å². The zero-order chi connectivity index (χ0) is 15.9. The van der Waals surface area contributed by atoms with Gasteiger partial charge in [-0.25, -0.2) is 0 Å². The minimum Gasteiger partial charge on any atom is -0.481 e. The Morgan fingerprint density at radius 1 is 1.23 bits per heavy atom. The topological polar surface area (TPSA) is 76.6 Å². The maximum atomic E-state index is 12.1. The molecule has 0 fully saturated rings. The predicted octanol–water partition coefficient (Wildman–Crippen LogP) is 1.64. The maximum absolute atomic E-state index is 12.1. The quantitative estimate of drug-likeness (QED) is 0.797. The lowest BCUT2D eigenvalue weighted by atomic mass is 10.1. The average Bonchev–Trinajstić information content (AvgIpc) is 2.90. The molecule has 0 unspecified atom stereocenters. The highest BCUT2D eigenvalue weighted by molar-refractivity contribution is 5.70. The molecule has 0 atom stereocenters. The van der Waals surface area contributed by atoms with Gasteiger partial charge in [-0.3, -0.25) is 9.59 Å². The molecule has 6 heteroatoms. The Morgan fingerprint density at radius 3 is 2.55 bits per heavy atom. The number of hydrogen-bond donors (Lipinski definition) is 1. The van der Waals surface area contributed by atoms with Crippen LogP contribution in [0.25, 0.3) is 16.9 Å². The molecule has 0 saturated heterocycles. The Labute approximate surface area is 126 Å². The Morgan fingerprint density at radius 2 is 1.91 bits per heavy atom. The van der Waals surface area contributed by atoms with Crippen molar-refractivity contribution in [3.8, 4) is 11.3 Å². The number of aromatic nitrogens is 3. The lowest BCUT2D eigenvalue weighted by Crippen LogP contribution is -2.21. The Balaban J connectivity index is 2.19. The molecule has 0 aliphatic rings. The van der Waals surface area contributed by atoms with E-state index in [0.717, 1.165) is 11.1 Å². The van der Waals surface area contributed by atoms with Crippen LogP contribution in [0.2, 0.25) is 0 Å². The van der Waals surface area contributed by atoms with E-state index in [0.29, 0.717) is 17.0 Å². The second-order valence-corrected chi connectivity index (χ2v) is 5.27. The molecule has 6 nitrogen and oxygen atoms in total. The third-order valence-corrected chi connectivity index (χ3v) is 3.64. The van der Waals surface area contributed by atoms with Gasteiger partial charge in [0.15, 0.2) is 0 Å². The highest BCUT2D eigenvalue weighted by Gasteiger charge is 2.13. The van der Waals surface area contributed by atoms with E-state index in [-0.39, 0.29) is 12.0 Å². The van der Waals surface area contributed by atoms with Gasteiger partial charge in [0.25, 0.3) is 5.56 Å². The Bertz CT molecular complexity index is 920. The first-order chi connectivity index (χ1) is 10.5. The van der Waals surface area contributed by atoms with Crippen molar-refractivity contribution in [3.63, 3.8) is 0 Å². The maximum Gasteiger partial charge on any atom is 0.309 e. The lowest BCUT2D eigenvalue weighted by Gasteiger charge is -2.07. The number of carboxylic acids is 1. The minimum atomic E-state index is -0.974. The molecule has 0 spiro atoms. The summed E-state index contributed by atoms with van der Waals surface area (Å²) in [6.45, 7) is 2.00. The fraction of sp³-hybridized carbons (Fsp3) is 0.188. The zero-order valence-corrected chi connectivity index (χ0v) is 12.3. The molecule has 22 heavy (non-hydrogen) atoms. The van der Waals surface area contributed by atoms with Crippen LogP contribution in [-0.2, 0) is 18.3 Å². The second-order valence-electron chi connectivity index (χ2n) is 5.27. The van der Waals surface area contributed by atoms with Crippen molar-refractivity contribution in [1.82, 2.24) is 14.2 Å². The summed E-state index contributed by atoms with van der Waals surface area (Å²) in [5, 5.41) is 13.3. The number of aryl methyl sites for hydroxylation is 2. The van der Waals surface area contributed by atoms with E-state index in [9.17, 15) is 9.59 Å². The molecular formula is C16H15N3O3. The molecule has 1 N–H and O–H groups in total. The molecule has 0 aliphatic carbocycles. The highest BCUT2D eigenvalue weighted by atomic mass is 16.4. The van der Waals surface area contributed by atoms with E-state index in [1.165, 1.54) is 10.6 Å². The van der Waals surface area contributed by atoms with Gasteiger partial charge in [0.05, 0.1) is 12.1 Å². The Hall–Kier alpha value is -2.89. The smallest absolute Gasteiger partial charge is 0.309 e. The number of aliphatic carboxylic acids is 1. The summed E-state index contributed by atoms with van der Waals surface area (Å²) in [5.74, 6) is -0.974. The standard InChI is InChI=1S/C16H15N3O3/c1-10-3-5-11(6-4-10)13-9-14-18(2)12(8-16(21)22)7-15(20)19(14)17-13/h3-7,9H,8H2,1-2H3,(H,21,22). The third kappa shape index (κ3) is 2.39. The normalized spacial score (nSPS) is 11.0. The van der Waals surface area contributed by atoms with Crippen LogP contribution in [0.15, 0.2) is 41.2 Å². The molecule has 2 aromatic heterocycles. The molecule has 0 bridgehead atoms. The van der Waals surface area contributed by atoms with Gasteiger partial charge in [-0.2, -0.15) is 9.61 Å². The number of nitrogens with zero attached hydrogens (tertiary/aromatic N) is 3. The van der Waals surface area contributed by atoms with Crippen LogP contribution < -0.4 is 5.56 Å². The monoisotopic (exact) mass is 297 g/mol. The zero-order valence-electron chi connectivity index (χ0n) is 12.3. The molecule has 0 aliphatic heterocycles. The van der Waals surface area contributed by atoms with E-state index >= 15 is 0 Å². The van der Waals surface area contributed by atoms with Crippen LogP contribution in [0, 0.1) is 6.92 Å².